The van der Waals surface area contributed by atoms with Crippen LogP contribution in [-0.4, -0.2) is 11.1 Å². The van der Waals surface area contributed by atoms with Gasteiger partial charge in [0.05, 0.1) is 11.2 Å². The van der Waals surface area contributed by atoms with Crippen molar-refractivity contribution >= 4 is 11.5 Å². The molecule has 3 nitrogen and oxygen atoms in total. The van der Waals surface area contributed by atoms with Crippen molar-refractivity contribution in [3.63, 3.8) is 0 Å². The zero-order valence-electron chi connectivity index (χ0n) is 18.0. The van der Waals surface area contributed by atoms with Gasteiger partial charge in [0.15, 0.2) is 0 Å². The van der Waals surface area contributed by atoms with E-state index in [4.69, 9.17) is 9.84 Å². The van der Waals surface area contributed by atoms with E-state index in [2.05, 4.69) is 52.8 Å². The van der Waals surface area contributed by atoms with E-state index < -0.39 is 5.97 Å². The zero-order chi connectivity index (χ0) is 20.7. The highest BCUT2D eigenvalue weighted by Crippen LogP contribution is 2.48. The molecule has 0 bridgehead atoms. The number of carbonyl (C=O) groups is 1. The van der Waals surface area contributed by atoms with Gasteiger partial charge in [0.2, 0.25) is 0 Å². The van der Waals surface area contributed by atoms with E-state index in [9.17, 15) is 4.79 Å². The van der Waals surface area contributed by atoms with E-state index in [1.165, 1.54) is 52.3 Å². The molecular formula is C25H32O3. The Morgan fingerprint density at radius 3 is 2.32 bits per heavy atom. The Balaban J connectivity index is 2.09. The lowest BCUT2D eigenvalue weighted by Crippen LogP contribution is -2.22. The SMILES string of the molecule is CC(/C=C/C1=C(c2cc3c(cc2C)C(C)(C)OC3(C)C)CCCC1)=C\C(=O)O. The molecule has 1 heterocycles. The Hall–Kier alpha value is -2.13. The van der Waals surface area contributed by atoms with Gasteiger partial charge in [0.1, 0.15) is 0 Å². The second-order valence-corrected chi connectivity index (χ2v) is 9.11. The van der Waals surface area contributed by atoms with Crippen molar-refractivity contribution in [2.45, 2.75) is 78.4 Å². The number of aliphatic carboxylic acids is 1. The first-order valence-electron chi connectivity index (χ1n) is 10.2. The molecule has 0 fully saturated rings. The predicted octanol–water partition coefficient (Wildman–Crippen LogP) is 6.41. The summed E-state index contributed by atoms with van der Waals surface area (Å²) in [5.74, 6) is -0.903. The number of carboxylic acid groups (broad SMARTS) is 1. The van der Waals surface area contributed by atoms with E-state index in [1.54, 1.807) is 0 Å². The van der Waals surface area contributed by atoms with Crippen molar-refractivity contribution in [2.24, 2.45) is 0 Å². The average molecular weight is 381 g/mol. The first kappa shape index (κ1) is 20.6. The molecular weight excluding hydrogens is 348 g/mol. The lowest BCUT2D eigenvalue weighted by Gasteiger charge is -2.25. The first-order valence-corrected chi connectivity index (χ1v) is 10.2. The highest BCUT2D eigenvalue weighted by Gasteiger charge is 2.43. The molecule has 28 heavy (non-hydrogen) atoms. The van der Waals surface area contributed by atoms with Crippen LogP contribution in [-0.2, 0) is 20.7 Å². The number of ether oxygens (including phenoxy) is 1. The minimum absolute atomic E-state index is 0.273. The number of hydrogen-bond donors (Lipinski definition) is 1. The van der Waals surface area contributed by atoms with Crippen LogP contribution in [0.2, 0.25) is 0 Å². The third-order valence-electron chi connectivity index (χ3n) is 5.91. The largest absolute Gasteiger partial charge is 0.478 e. The Bertz CT molecular complexity index is 895. The molecule has 0 radical (unpaired) electrons. The summed E-state index contributed by atoms with van der Waals surface area (Å²) in [7, 11) is 0. The molecule has 1 aromatic carbocycles. The molecule has 0 unspecified atom stereocenters. The number of allylic oxidation sites excluding steroid dienone is 5. The summed E-state index contributed by atoms with van der Waals surface area (Å²) in [5, 5.41) is 8.93. The number of fused-ring (bicyclic) bond motifs is 1. The maximum atomic E-state index is 10.9. The molecule has 0 atom stereocenters. The third kappa shape index (κ3) is 4.00. The molecule has 3 rings (SSSR count). The topological polar surface area (TPSA) is 46.5 Å². The predicted molar refractivity (Wildman–Crippen MR) is 114 cm³/mol. The van der Waals surface area contributed by atoms with E-state index in [0.717, 1.165) is 18.4 Å². The molecule has 0 spiro atoms. The molecule has 1 aliphatic heterocycles. The van der Waals surface area contributed by atoms with Gasteiger partial charge in [0, 0.05) is 6.08 Å². The molecule has 1 N–H and O–H groups in total. The van der Waals surface area contributed by atoms with Gasteiger partial charge >= 0.3 is 5.97 Å². The number of hydrogen-bond acceptors (Lipinski definition) is 2. The Morgan fingerprint density at radius 1 is 1.07 bits per heavy atom. The molecule has 0 saturated carbocycles. The van der Waals surface area contributed by atoms with Gasteiger partial charge in [-0.25, -0.2) is 4.79 Å². The maximum Gasteiger partial charge on any atom is 0.328 e. The van der Waals surface area contributed by atoms with Crippen LogP contribution in [0.1, 0.15) is 82.6 Å². The maximum absolute atomic E-state index is 10.9. The van der Waals surface area contributed by atoms with Crippen LogP contribution >= 0.6 is 0 Å². The number of aryl methyl sites for hydroxylation is 1. The molecule has 2 aliphatic rings. The Morgan fingerprint density at radius 2 is 1.68 bits per heavy atom. The number of rotatable bonds is 4. The van der Waals surface area contributed by atoms with Crippen molar-refractivity contribution in [3.8, 4) is 0 Å². The van der Waals surface area contributed by atoms with Crippen LogP contribution in [0.5, 0.6) is 0 Å². The highest BCUT2D eigenvalue weighted by molar-refractivity contribution is 5.81. The molecule has 1 aliphatic carbocycles. The van der Waals surface area contributed by atoms with E-state index in [-0.39, 0.29) is 11.2 Å². The lowest BCUT2D eigenvalue weighted by molar-refractivity contribution is -0.131. The minimum atomic E-state index is -0.903. The van der Waals surface area contributed by atoms with Crippen molar-refractivity contribution < 1.29 is 14.6 Å². The summed E-state index contributed by atoms with van der Waals surface area (Å²) in [6.07, 6.45) is 9.76. The lowest BCUT2D eigenvalue weighted by atomic mass is 9.81. The molecule has 0 amide bonds. The monoisotopic (exact) mass is 380 g/mol. The zero-order valence-corrected chi connectivity index (χ0v) is 18.0. The van der Waals surface area contributed by atoms with Crippen LogP contribution in [0, 0.1) is 6.92 Å². The molecule has 1 aromatic rings. The van der Waals surface area contributed by atoms with E-state index in [1.807, 2.05) is 13.0 Å². The van der Waals surface area contributed by atoms with Gasteiger partial charge in [-0.05, 0) is 112 Å². The molecule has 0 saturated heterocycles. The van der Waals surface area contributed by atoms with Crippen LogP contribution in [0.3, 0.4) is 0 Å². The van der Waals surface area contributed by atoms with Gasteiger partial charge in [0.25, 0.3) is 0 Å². The standard InChI is InChI=1S/C25H32O3/c1-16(13-23(26)27)11-12-18-9-7-8-10-19(18)20-15-22-21(14-17(20)2)24(3,4)28-25(22,5)6/h11-15H,7-10H2,1-6H3,(H,26,27)/b12-11+,16-13+. The summed E-state index contributed by atoms with van der Waals surface area (Å²) in [5.41, 5.74) is 8.06. The van der Waals surface area contributed by atoms with Crippen LogP contribution in [0.25, 0.3) is 5.57 Å². The summed E-state index contributed by atoms with van der Waals surface area (Å²) >= 11 is 0. The molecule has 0 aromatic heterocycles. The van der Waals surface area contributed by atoms with Crippen LogP contribution in [0.4, 0.5) is 0 Å². The summed E-state index contributed by atoms with van der Waals surface area (Å²) in [6, 6.07) is 4.64. The Kier molecular flexibility index (Phi) is 5.42. The fourth-order valence-electron chi connectivity index (χ4n) is 4.67. The van der Waals surface area contributed by atoms with Crippen LogP contribution in [0.15, 0.2) is 41.5 Å². The summed E-state index contributed by atoms with van der Waals surface area (Å²) in [4.78, 5) is 10.9. The van der Waals surface area contributed by atoms with Crippen molar-refractivity contribution in [3.05, 3.63) is 63.8 Å². The van der Waals surface area contributed by atoms with Gasteiger partial charge < -0.3 is 9.84 Å². The van der Waals surface area contributed by atoms with E-state index in [0.29, 0.717) is 0 Å². The number of carboxylic acids is 1. The fraction of sp³-hybridized carbons (Fsp3) is 0.480. The van der Waals surface area contributed by atoms with E-state index >= 15 is 0 Å². The second kappa shape index (κ2) is 7.36. The quantitative estimate of drug-likeness (QED) is 0.485. The highest BCUT2D eigenvalue weighted by atomic mass is 16.5. The van der Waals surface area contributed by atoms with Crippen molar-refractivity contribution in [2.75, 3.05) is 0 Å². The van der Waals surface area contributed by atoms with Crippen molar-refractivity contribution in [1.82, 2.24) is 0 Å². The normalized spacial score (nSPS) is 21.3. The summed E-state index contributed by atoms with van der Waals surface area (Å²) in [6.45, 7) is 12.6. The summed E-state index contributed by atoms with van der Waals surface area (Å²) < 4.78 is 6.35. The number of benzene rings is 1. The smallest absolute Gasteiger partial charge is 0.328 e. The fourth-order valence-corrected chi connectivity index (χ4v) is 4.67. The Labute approximate surface area is 168 Å². The molecule has 150 valence electrons. The van der Waals surface area contributed by atoms with Gasteiger partial charge in [-0.2, -0.15) is 0 Å². The average Bonchev–Trinajstić information content (AvgIpc) is 2.76. The minimum Gasteiger partial charge on any atom is -0.478 e. The van der Waals surface area contributed by atoms with Gasteiger partial charge in [-0.3, -0.25) is 0 Å². The van der Waals surface area contributed by atoms with Crippen LogP contribution < -0.4 is 0 Å². The van der Waals surface area contributed by atoms with Gasteiger partial charge in [-0.1, -0.05) is 18.2 Å². The third-order valence-corrected chi connectivity index (χ3v) is 5.91. The molecule has 3 heteroatoms. The van der Waals surface area contributed by atoms with Crippen molar-refractivity contribution in [1.29, 1.82) is 0 Å². The van der Waals surface area contributed by atoms with Gasteiger partial charge in [-0.15, -0.1) is 0 Å². The first-order chi connectivity index (χ1) is 13.0. The second-order valence-electron chi connectivity index (χ2n) is 9.11.